The van der Waals surface area contributed by atoms with Crippen molar-refractivity contribution in [2.75, 3.05) is 32.5 Å². The molecule has 4 rings (SSSR count). The molecule has 1 aliphatic heterocycles. The second kappa shape index (κ2) is 8.38. The van der Waals surface area contributed by atoms with Crippen LogP contribution < -0.4 is 16.2 Å². The lowest BCUT2D eigenvalue weighted by Crippen LogP contribution is -2.44. The molecule has 0 spiro atoms. The van der Waals surface area contributed by atoms with Gasteiger partial charge in [-0.3, -0.25) is 9.48 Å². The quantitative estimate of drug-likeness (QED) is 0.515. The zero-order chi connectivity index (χ0) is 22.9. The van der Waals surface area contributed by atoms with E-state index in [1.165, 1.54) is 26.2 Å². The molecular weight excluding hydrogens is 430 g/mol. The Morgan fingerprint density at radius 2 is 1.91 bits per heavy atom. The average Bonchev–Trinajstić information content (AvgIpc) is 3.15. The third kappa shape index (κ3) is 3.77. The molecule has 0 aliphatic carbocycles. The molecule has 3 heterocycles. The van der Waals surface area contributed by atoms with Gasteiger partial charge in [0, 0.05) is 26.0 Å². The van der Waals surface area contributed by atoms with E-state index < -0.39 is 15.6 Å². The third-order valence-corrected chi connectivity index (χ3v) is 7.72. The topological polar surface area (TPSA) is 136 Å². The standard InChI is InChI=1S/C21H25N7O3S/c1-27(2)32(30,31)16-5-3-15(4-6-16)25-19-18-17(7-12-24-20(18)29)28(26-19)21(8-11-22)9-13-23-14-10-21/h3-7,12,23H,8-10,13-14H2,1-2H3,(H,24,29)(H,25,26). The summed E-state index contributed by atoms with van der Waals surface area (Å²) in [4.78, 5) is 15.6. The van der Waals surface area contributed by atoms with Crippen molar-refractivity contribution in [2.45, 2.75) is 29.7 Å². The van der Waals surface area contributed by atoms with Crippen LogP contribution >= 0.6 is 0 Å². The number of aromatic nitrogens is 3. The summed E-state index contributed by atoms with van der Waals surface area (Å²) in [6, 6.07) is 10.4. The van der Waals surface area contributed by atoms with Gasteiger partial charge in [0.1, 0.15) is 5.39 Å². The first-order valence-corrected chi connectivity index (χ1v) is 11.7. The number of anilines is 2. The van der Waals surface area contributed by atoms with Crippen LogP contribution in [0.1, 0.15) is 19.3 Å². The Kier molecular flexibility index (Phi) is 5.77. The van der Waals surface area contributed by atoms with Gasteiger partial charge in [-0.1, -0.05) is 0 Å². The SMILES string of the molecule is CN(C)S(=O)(=O)c1ccc(Nc2nn(C3(CC#N)CCNCC3)c3cc[nH]c(=O)c23)cc1. The number of H-pyrrole nitrogens is 1. The molecule has 3 N–H and O–H groups in total. The van der Waals surface area contributed by atoms with Crippen LogP contribution in [0.5, 0.6) is 0 Å². The first-order valence-electron chi connectivity index (χ1n) is 10.3. The minimum atomic E-state index is -3.54. The zero-order valence-corrected chi connectivity index (χ0v) is 18.7. The molecule has 1 aromatic carbocycles. The lowest BCUT2D eigenvalue weighted by molar-refractivity contribution is 0.197. The van der Waals surface area contributed by atoms with Crippen LogP contribution in [0.15, 0.2) is 46.2 Å². The van der Waals surface area contributed by atoms with Crippen LogP contribution in [0.4, 0.5) is 11.5 Å². The molecule has 10 nitrogen and oxygen atoms in total. The van der Waals surface area contributed by atoms with Crippen molar-refractivity contribution in [1.82, 2.24) is 24.4 Å². The number of nitrogens with one attached hydrogen (secondary N) is 3. The summed E-state index contributed by atoms with van der Waals surface area (Å²) in [5, 5.41) is 21.1. The van der Waals surface area contributed by atoms with Gasteiger partial charge in [-0.25, -0.2) is 12.7 Å². The average molecular weight is 456 g/mol. The third-order valence-electron chi connectivity index (χ3n) is 5.89. The fourth-order valence-electron chi connectivity index (χ4n) is 4.09. The summed E-state index contributed by atoms with van der Waals surface area (Å²) in [6.07, 6.45) is 3.31. The number of nitriles is 1. The van der Waals surface area contributed by atoms with Crippen molar-refractivity contribution < 1.29 is 8.42 Å². The van der Waals surface area contributed by atoms with Gasteiger partial charge < -0.3 is 15.6 Å². The number of hydrogen-bond donors (Lipinski definition) is 3. The Bertz CT molecular complexity index is 1330. The van der Waals surface area contributed by atoms with Gasteiger partial charge >= 0.3 is 0 Å². The summed E-state index contributed by atoms with van der Waals surface area (Å²) in [5.41, 5.74) is 0.455. The van der Waals surface area contributed by atoms with E-state index in [4.69, 9.17) is 5.10 Å². The molecule has 0 amide bonds. The normalized spacial score (nSPS) is 16.2. The van der Waals surface area contributed by atoms with Gasteiger partial charge in [-0.2, -0.15) is 10.4 Å². The van der Waals surface area contributed by atoms with E-state index in [-0.39, 0.29) is 16.9 Å². The van der Waals surface area contributed by atoms with Crippen LogP contribution in [-0.4, -0.2) is 54.7 Å². The maximum absolute atomic E-state index is 12.7. The predicted octanol–water partition coefficient (Wildman–Crippen LogP) is 1.71. The molecule has 0 radical (unpaired) electrons. The lowest BCUT2D eigenvalue weighted by Gasteiger charge is -2.36. The second-order valence-corrected chi connectivity index (χ2v) is 10.2. The Hall–Kier alpha value is -3.20. The molecule has 0 unspecified atom stereocenters. The Morgan fingerprint density at radius 3 is 2.53 bits per heavy atom. The van der Waals surface area contributed by atoms with Gasteiger partial charge in [-0.05, 0) is 56.3 Å². The molecule has 0 saturated carbocycles. The molecule has 1 fully saturated rings. The van der Waals surface area contributed by atoms with Crippen molar-refractivity contribution >= 4 is 32.4 Å². The number of benzene rings is 1. The van der Waals surface area contributed by atoms with Crippen LogP contribution in [0.2, 0.25) is 0 Å². The van der Waals surface area contributed by atoms with Gasteiger partial charge in [0.05, 0.1) is 28.4 Å². The summed E-state index contributed by atoms with van der Waals surface area (Å²) in [6.45, 7) is 1.52. The highest BCUT2D eigenvalue weighted by Gasteiger charge is 2.37. The van der Waals surface area contributed by atoms with Crippen molar-refractivity contribution in [3.63, 3.8) is 0 Å². The fourth-order valence-corrected chi connectivity index (χ4v) is 4.99. The van der Waals surface area contributed by atoms with E-state index in [0.29, 0.717) is 22.4 Å². The molecular formula is C21H25N7O3S. The second-order valence-electron chi connectivity index (χ2n) is 8.07. The summed E-state index contributed by atoms with van der Waals surface area (Å²) >= 11 is 0. The number of piperidine rings is 1. The van der Waals surface area contributed by atoms with E-state index in [1.54, 1.807) is 24.4 Å². The van der Waals surface area contributed by atoms with Crippen molar-refractivity contribution in [2.24, 2.45) is 0 Å². The number of rotatable bonds is 6. The highest BCUT2D eigenvalue weighted by atomic mass is 32.2. The van der Waals surface area contributed by atoms with Crippen LogP contribution in [0.3, 0.4) is 0 Å². The van der Waals surface area contributed by atoms with E-state index in [0.717, 1.165) is 30.2 Å². The Morgan fingerprint density at radius 1 is 1.22 bits per heavy atom. The van der Waals surface area contributed by atoms with Gasteiger partial charge in [0.15, 0.2) is 5.82 Å². The number of pyridine rings is 1. The summed E-state index contributed by atoms with van der Waals surface area (Å²) in [5.74, 6) is 0.362. The number of hydrogen-bond acceptors (Lipinski definition) is 7. The molecule has 32 heavy (non-hydrogen) atoms. The van der Waals surface area contributed by atoms with E-state index in [1.807, 2.05) is 4.68 Å². The number of sulfonamides is 1. The summed E-state index contributed by atoms with van der Waals surface area (Å²) < 4.78 is 27.6. The highest BCUT2D eigenvalue weighted by molar-refractivity contribution is 7.89. The smallest absolute Gasteiger partial charge is 0.261 e. The Labute approximate surface area is 185 Å². The van der Waals surface area contributed by atoms with Crippen molar-refractivity contribution in [3.8, 4) is 6.07 Å². The van der Waals surface area contributed by atoms with Crippen LogP contribution in [-0.2, 0) is 15.6 Å². The van der Waals surface area contributed by atoms with Crippen molar-refractivity contribution in [1.29, 1.82) is 5.26 Å². The molecule has 168 valence electrons. The molecule has 1 saturated heterocycles. The summed E-state index contributed by atoms with van der Waals surface area (Å²) in [7, 11) is -0.585. The molecule has 3 aromatic rings. The molecule has 2 aromatic heterocycles. The van der Waals surface area contributed by atoms with Crippen LogP contribution in [0.25, 0.3) is 10.9 Å². The van der Waals surface area contributed by atoms with Crippen LogP contribution in [0, 0.1) is 11.3 Å². The predicted molar refractivity (Wildman–Crippen MR) is 121 cm³/mol. The van der Waals surface area contributed by atoms with Gasteiger partial charge in [0.25, 0.3) is 5.56 Å². The minimum absolute atomic E-state index is 0.170. The van der Waals surface area contributed by atoms with E-state index in [9.17, 15) is 18.5 Å². The first-order chi connectivity index (χ1) is 15.3. The molecule has 0 bridgehead atoms. The van der Waals surface area contributed by atoms with Crippen molar-refractivity contribution in [3.05, 3.63) is 46.9 Å². The number of nitrogens with zero attached hydrogens (tertiary/aromatic N) is 4. The number of aromatic amines is 1. The number of fused-ring (bicyclic) bond motifs is 1. The maximum Gasteiger partial charge on any atom is 0.261 e. The molecule has 11 heteroatoms. The zero-order valence-electron chi connectivity index (χ0n) is 17.9. The minimum Gasteiger partial charge on any atom is -0.338 e. The van der Waals surface area contributed by atoms with Gasteiger partial charge in [-0.15, -0.1) is 0 Å². The van der Waals surface area contributed by atoms with E-state index >= 15 is 0 Å². The van der Waals surface area contributed by atoms with Gasteiger partial charge in [0.2, 0.25) is 10.0 Å². The molecule has 0 atom stereocenters. The maximum atomic E-state index is 12.7. The van der Waals surface area contributed by atoms with E-state index in [2.05, 4.69) is 21.7 Å². The lowest BCUT2D eigenvalue weighted by atomic mass is 9.85. The first kappa shape index (κ1) is 22.0. The highest BCUT2D eigenvalue weighted by Crippen LogP contribution is 2.35. The largest absolute Gasteiger partial charge is 0.338 e. The molecule has 1 aliphatic rings. The monoisotopic (exact) mass is 455 g/mol. The fraction of sp³-hybridized carbons (Fsp3) is 0.381. The Balaban J connectivity index is 1.78.